The number of aromatic nitrogens is 3. The quantitative estimate of drug-likeness (QED) is 0.628. The Morgan fingerprint density at radius 3 is 3.29 bits per heavy atom. The van der Waals surface area contributed by atoms with E-state index < -0.39 is 0 Å². The molecule has 0 saturated heterocycles. The van der Waals surface area contributed by atoms with Gasteiger partial charge in [-0.15, -0.1) is 0 Å². The molecule has 17 heavy (non-hydrogen) atoms. The second kappa shape index (κ2) is 4.34. The molecule has 4 nitrogen and oxygen atoms in total. The number of thioether (sulfide) groups is 1. The van der Waals surface area contributed by atoms with Crippen molar-refractivity contribution in [3.8, 4) is 0 Å². The molecule has 0 fully saturated rings. The molecule has 3 rings (SSSR count). The molecule has 0 amide bonds. The summed E-state index contributed by atoms with van der Waals surface area (Å²) in [6, 6.07) is 3.55. The maximum Gasteiger partial charge on any atom is 0.263 e. The lowest BCUT2D eigenvalue weighted by Crippen LogP contribution is -2.29. The van der Waals surface area contributed by atoms with Gasteiger partial charge >= 0.3 is 0 Å². The lowest BCUT2D eigenvalue weighted by molar-refractivity contribution is 0.542. The van der Waals surface area contributed by atoms with Crippen LogP contribution in [0.5, 0.6) is 0 Å². The number of fused-ring (bicyclic) bond motifs is 2. The molecule has 1 aliphatic rings. The summed E-state index contributed by atoms with van der Waals surface area (Å²) in [5.74, 6) is 0.806. The zero-order chi connectivity index (χ0) is 11.8. The Hall–Kier alpha value is -1.01. The zero-order valence-electron chi connectivity index (χ0n) is 9.04. The Balaban J connectivity index is 2.22. The van der Waals surface area contributed by atoms with Crippen molar-refractivity contribution in [1.82, 2.24) is 14.5 Å². The maximum atomic E-state index is 12.2. The molecule has 3 heterocycles. The van der Waals surface area contributed by atoms with Gasteiger partial charge in [-0.2, -0.15) is 12.6 Å². The van der Waals surface area contributed by atoms with Gasteiger partial charge in [-0.1, -0.05) is 11.8 Å². The summed E-state index contributed by atoms with van der Waals surface area (Å²) in [7, 11) is 0. The first-order valence-electron chi connectivity index (χ1n) is 5.42. The van der Waals surface area contributed by atoms with Crippen LogP contribution in [-0.4, -0.2) is 25.5 Å². The van der Waals surface area contributed by atoms with Crippen LogP contribution >= 0.6 is 24.4 Å². The van der Waals surface area contributed by atoms with Crippen molar-refractivity contribution in [2.24, 2.45) is 0 Å². The van der Waals surface area contributed by atoms with E-state index in [1.54, 1.807) is 34.7 Å². The Bertz CT molecular complexity index is 626. The van der Waals surface area contributed by atoms with Gasteiger partial charge in [0.15, 0.2) is 10.8 Å². The number of hydrogen-bond acceptors (Lipinski definition) is 5. The Morgan fingerprint density at radius 2 is 2.47 bits per heavy atom. The molecule has 6 heteroatoms. The van der Waals surface area contributed by atoms with E-state index in [-0.39, 0.29) is 5.56 Å². The standard InChI is InChI=1S/C11H11N3OS2/c15-10-8-2-1-4-12-9(8)13-11-14(10)5-3-7(6-16)17-11/h1-2,4,7,16H,3,5-6H2. The van der Waals surface area contributed by atoms with Gasteiger partial charge < -0.3 is 0 Å². The van der Waals surface area contributed by atoms with E-state index in [1.807, 2.05) is 0 Å². The highest BCUT2D eigenvalue weighted by molar-refractivity contribution is 8.00. The van der Waals surface area contributed by atoms with Crippen molar-refractivity contribution in [1.29, 1.82) is 0 Å². The molecular weight excluding hydrogens is 254 g/mol. The molecular formula is C11H11N3OS2. The van der Waals surface area contributed by atoms with Gasteiger partial charge in [0.2, 0.25) is 0 Å². The molecule has 0 aromatic carbocycles. The van der Waals surface area contributed by atoms with Crippen LogP contribution in [-0.2, 0) is 6.54 Å². The molecule has 0 saturated carbocycles. The van der Waals surface area contributed by atoms with Gasteiger partial charge in [-0.05, 0) is 18.6 Å². The number of pyridine rings is 1. The van der Waals surface area contributed by atoms with E-state index in [4.69, 9.17) is 0 Å². The molecule has 2 aromatic heterocycles. The first-order chi connectivity index (χ1) is 8.29. The van der Waals surface area contributed by atoms with E-state index >= 15 is 0 Å². The highest BCUT2D eigenvalue weighted by Crippen LogP contribution is 2.29. The average Bonchev–Trinajstić information content (AvgIpc) is 2.38. The van der Waals surface area contributed by atoms with Crippen molar-refractivity contribution in [3.63, 3.8) is 0 Å². The summed E-state index contributed by atoms with van der Waals surface area (Å²) in [4.78, 5) is 20.8. The van der Waals surface area contributed by atoms with Gasteiger partial charge in [0.05, 0.1) is 5.39 Å². The van der Waals surface area contributed by atoms with E-state index in [0.29, 0.717) is 16.3 Å². The highest BCUT2D eigenvalue weighted by atomic mass is 32.2. The van der Waals surface area contributed by atoms with E-state index in [9.17, 15) is 4.79 Å². The van der Waals surface area contributed by atoms with Crippen LogP contribution in [0.3, 0.4) is 0 Å². The lowest BCUT2D eigenvalue weighted by Gasteiger charge is -2.23. The predicted molar refractivity (Wildman–Crippen MR) is 71.9 cm³/mol. The third-order valence-electron chi connectivity index (χ3n) is 2.85. The monoisotopic (exact) mass is 265 g/mol. The molecule has 1 unspecified atom stereocenters. The van der Waals surface area contributed by atoms with Gasteiger partial charge in [0, 0.05) is 23.7 Å². The smallest absolute Gasteiger partial charge is 0.263 e. The van der Waals surface area contributed by atoms with E-state index in [1.165, 1.54) is 0 Å². The van der Waals surface area contributed by atoms with Gasteiger partial charge in [-0.25, -0.2) is 9.97 Å². The van der Waals surface area contributed by atoms with Gasteiger partial charge in [0.1, 0.15) is 0 Å². The zero-order valence-corrected chi connectivity index (χ0v) is 10.7. The fourth-order valence-electron chi connectivity index (χ4n) is 1.93. The third-order valence-corrected chi connectivity index (χ3v) is 4.79. The Labute approximate surface area is 108 Å². The molecule has 1 atom stereocenters. The number of hydrogen-bond donors (Lipinski definition) is 1. The minimum absolute atomic E-state index is 0.0169. The molecule has 0 aliphatic carbocycles. The van der Waals surface area contributed by atoms with Crippen LogP contribution in [0, 0.1) is 0 Å². The van der Waals surface area contributed by atoms with Crippen LogP contribution in [0.2, 0.25) is 0 Å². The van der Waals surface area contributed by atoms with Crippen molar-refractivity contribution >= 4 is 35.4 Å². The average molecular weight is 265 g/mol. The second-order valence-electron chi connectivity index (χ2n) is 3.94. The van der Waals surface area contributed by atoms with Crippen LogP contribution in [0.4, 0.5) is 0 Å². The SMILES string of the molecule is O=c1c2cccnc2nc2n1CCC(CS)S2. The Morgan fingerprint density at radius 1 is 1.59 bits per heavy atom. The summed E-state index contributed by atoms with van der Waals surface area (Å²) in [6.45, 7) is 0.726. The third kappa shape index (κ3) is 1.85. The lowest BCUT2D eigenvalue weighted by atomic mass is 10.3. The first-order valence-corrected chi connectivity index (χ1v) is 6.94. The number of rotatable bonds is 1. The molecule has 88 valence electrons. The maximum absolute atomic E-state index is 12.2. The fraction of sp³-hybridized carbons (Fsp3) is 0.364. The summed E-state index contributed by atoms with van der Waals surface area (Å²) < 4.78 is 1.74. The number of thiol groups is 1. The minimum atomic E-state index is 0.0169. The van der Waals surface area contributed by atoms with Crippen LogP contribution in [0.1, 0.15) is 6.42 Å². The van der Waals surface area contributed by atoms with Gasteiger partial charge in [-0.3, -0.25) is 9.36 Å². The summed E-state index contributed by atoms with van der Waals surface area (Å²) in [5.41, 5.74) is 0.555. The fourth-order valence-corrected chi connectivity index (χ4v) is 3.38. The molecule has 0 radical (unpaired) electrons. The normalized spacial score (nSPS) is 19.2. The van der Waals surface area contributed by atoms with Crippen molar-refractivity contribution in [2.45, 2.75) is 23.4 Å². The Kier molecular flexibility index (Phi) is 2.84. The summed E-state index contributed by atoms with van der Waals surface area (Å²) in [6.07, 6.45) is 2.63. The first kappa shape index (κ1) is 11.1. The van der Waals surface area contributed by atoms with Gasteiger partial charge in [0.25, 0.3) is 5.56 Å². The molecule has 0 N–H and O–H groups in total. The molecule has 0 bridgehead atoms. The minimum Gasteiger partial charge on any atom is -0.287 e. The van der Waals surface area contributed by atoms with Crippen molar-refractivity contribution in [3.05, 3.63) is 28.7 Å². The topological polar surface area (TPSA) is 47.8 Å². The van der Waals surface area contributed by atoms with E-state index in [0.717, 1.165) is 23.9 Å². The van der Waals surface area contributed by atoms with Crippen LogP contribution in [0.15, 0.2) is 28.3 Å². The van der Waals surface area contributed by atoms with Crippen molar-refractivity contribution < 1.29 is 0 Å². The second-order valence-corrected chi connectivity index (χ2v) is 5.57. The molecule has 2 aromatic rings. The summed E-state index contributed by atoms with van der Waals surface area (Å²) >= 11 is 5.92. The van der Waals surface area contributed by atoms with Crippen molar-refractivity contribution in [2.75, 3.05) is 5.75 Å². The van der Waals surface area contributed by atoms with E-state index in [2.05, 4.69) is 22.6 Å². The summed E-state index contributed by atoms with van der Waals surface area (Å²) in [5, 5.41) is 1.80. The van der Waals surface area contributed by atoms with Crippen LogP contribution < -0.4 is 5.56 Å². The highest BCUT2D eigenvalue weighted by Gasteiger charge is 2.21. The largest absolute Gasteiger partial charge is 0.287 e. The number of nitrogens with zero attached hydrogens (tertiary/aromatic N) is 3. The predicted octanol–water partition coefficient (Wildman–Crippen LogP) is 1.59. The van der Waals surface area contributed by atoms with Crippen LogP contribution in [0.25, 0.3) is 11.0 Å². The molecule has 1 aliphatic heterocycles. The molecule has 0 spiro atoms.